The molecule has 2 N–H and O–H groups in total. The minimum absolute atomic E-state index is 0.0161. The van der Waals surface area contributed by atoms with Gasteiger partial charge in [0.25, 0.3) is 0 Å². The Labute approximate surface area is 76.1 Å². The highest BCUT2D eigenvalue weighted by molar-refractivity contribution is 6.02. The van der Waals surface area contributed by atoms with Crippen LogP contribution >= 0.6 is 0 Å². The maximum atomic E-state index is 11.1. The Morgan fingerprint density at radius 2 is 2.23 bits per heavy atom. The number of carbonyl (C=O) groups excluding carboxylic acids is 2. The van der Waals surface area contributed by atoms with Gasteiger partial charge in [0, 0.05) is 23.8 Å². The summed E-state index contributed by atoms with van der Waals surface area (Å²) in [6.45, 7) is 0. The van der Waals surface area contributed by atoms with Gasteiger partial charge in [-0.2, -0.15) is 0 Å². The topological polar surface area (TPSA) is 69.4 Å². The van der Waals surface area contributed by atoms with E-state index in [1.807, 2.05) is 0 Å². The highest BCUT2D eigenvalue weighted by Crippen LogP contribution is 2.19. The molecule has 0 fully saturated rings. The van der Waals surface area contributed by atoms with Gasteiger partial charge in [-0.05, 0) is 12.5 Å². The molecule has 70 valence electrons. The molecule has 0 aromatic rings. The molecule has 4 nitrogen and oxygen atoms in total. The number of allylic oxidation sites excluding steroid dienone is 3. The average Bonchev–Trinajstić information content (AvgIpc) is 2.43. The summed E-state index contributed by atoms with van der Waals surface area (Å²) in [5.74, 6) is -0.502. The fraction of sp³-hybridized carbons (Fsp3) is 0.333. The van der Waals surface area contributed by atoms with Gasteiger partial charge in [0.2, 0.25) is 0 Å². The number of nitrogens with two attached hydrogens (primary N) is 1. The first-order chi connectivity index (χ1) is 6.15. The minimum atomic E-state index is -0.486. The van der Waals surface area contributed by atoms with E-state index in [1.165, 1.54) is 19.3 Å². The summed E-state index contributed by atoms with van der Waals surface area (Å²) in [5.41, 5.74) is 6.53. The van der Waals surface area contributed by atoms with Crippen LogP contribution in [0.2, 0.25) is 0 Å². The molecule has 0 spiro atoms. The van der Waals surface area contributed by atoms with E-state index in [2.05, 4.69) is 4.74 Å². The third kappa shape index (κ3) is 2.18. The molecule has 0 aliphatic heterocycles. The van der Waals surface area contributed by atoms with Gasteiger partial charge in [-0.1, -0.05) is 0 Å². The molecule has 13 heavy (non-hydrogen) atoms. The van der Waals surface area contributed by atoms with Crippen LogP contribution in [0.15, 0.2) is 23.4 Å². The normalized spacial score (nSPS) is 17.2. The van der Waals surface area contributed by atoms with Crippen molar-refractivity contribution in [2.75, 3.05) is 7.11 Å². The van der Waals surface area contributed by atoms with Gasteiger partial charge < -0.3 is 10.5 Å². The predicted molar refractivity (Wildman–Crippen MR) is 46.6 cm³/mol. The van der Waals surface area contributed by atoms with E-state index in [0.29, 0.717) is 24.1 Å². The highest BCUT2D eigenvalue weighted by atomic mass is 16.5. The van der Waals surface area contributed by atoms with Crippen LogP contribution in [0.3, 0.4) is 0 Å². The number of carbonyl (C=O) groups is 2. The van der Waals surface area contributed by atoms with Crippen LogP contribution in [0.5, 0.6) is 0 Å². The average molecular weight is 181 g/mol. The minimum Gasteiger partial charge on any atom is -0.466 e. The first kappa shape index (κ1) is 9.51. The van der Waals surface area contributed by atoms with Crippen LogP contribution in [0.1, 0.15) is 12.8 Å². The number of methoxy groups -OCH3 is 1. The lowest BCUT2D eigenvalue weighted by Gasteiger charge is -1.93. The fourth-order valence-corrected chi connectivity index (χ4v) is 1.12. The summed E-state index contributed by atoms with van der Waals surface area (Å²) in [6, 6.07) is 0. The van der Waals surface area contributed by atoms with E-state index in [9.17, 15) is 9.59 Å². The standard InChI is InChI=1S/C9H11NO3/c1-13-9(12)5-2-6-7(10)3-4-8(6)11/h2,5H,3-4,10H2,1H3. The molecule has 0 saturated heterocycles. The molecule has 0 bridgehead atoms. The van der Waals surface area contributed by atoms with E-state index in [-0.39, 0.29) is 5.78 Å². The Hall–Kier alpha value is -1.58. The van der Waals surface area contributed by atoms with Crippen molar-refractivity contribution in [2.24, 2.45) is 5.73 Å². The van der Waals surface area contributed by atoms with Gasteiger partial charge in [-0.3, -0.25) is 4.79 Å². The Morgan fingerprint density at radius 3 is 2.69 bits per heavy atom. The molecule has 1 rings (SSSR count). The lowest BCUT2D eigenvalue weighted by Crippen LogP contribution is -2.00. The number of ether oxygens (including phenoxy) is 1. The van der Waals surface area contributed by atoms with Crippen LogP contribution in [0, 0.1) is 0 Å². The van der Waals surface area contributed by atoms with Crippen molar-refractivity contribution < 1.29 is 14.3 Å². The second kappa shape index (κ2) is 3.89. The summed E-state index contributed by atoms with van der Waals surface area (Å²) in [7, 11) is 1.28. The Kier molecular flexibility index (Phi) is 2.84. The summed E-state index contributed by atoms with van der Waals surface area (Å²) in [4.78, 5) is 21.8. The van der Waals surface area contributed by atoms with Crippen LogP contribution in [0.25, 0.3) is 0 Å². The Bertz CT molecular complexity index is 302. The zero-order chi connectivity index (χ0) is 9.84. The zero-order valence-corrected chi connectivity index (χ0v) is 7.37. The molecule has 4 heteroatoms. The molecule has 0 amide bonds. The molecule has 0 saturated carbocycles. The van der Waals surface area contributed by atoms with Crippen LogP contribution in [0.4, 0.5) is 0 Å². The van der Waals surface area contributed by atoms with Crippen LogP contribution in [-0.2, 0) is 14.3 Å². The van der Waals surface area contributed by atoms with Crippen molar-refractivity contribution in [1.29, 1.82) is 0 Å². The Morgan fingerprint density at radius 1 is 1.54 bits per heavy atom. The monoisotopic (exact) mass is 181 g/mol. The van der Waals surface area contributed by atoms with Crippen molar-refractivity contribution in [2.45, 2.75) is 12.8 Å². The molecule has 0 radical (unpaired) electrons. The lowest BCUT2D eigenvalue weighted by atomic mass is 10.2. The number of hydrogen-bond acceptors (Lipinski definition) is 4. The first-order valence-corrected chi connectivity index (χ1v) is 3.93. The lowest BCUT2D eigenvalue weighted by molar-refractivity contribution is -0.134. The quantitative estimate of drug-likeness (QED) is 0.491. The van der Waals surface area contributed by atoms with Gasteiger partial charge in [0.05, 0.1) is 7.11 Å². The molecule has 0 aromatic carbocycles. The molecule has 0 heterocycles. The summed E-state index contributed by atoms with van der Waals surface area (Å²) in [5, 5.41) is 0. The van der Waals surface area contributed by atoms with Crippen molar-refractivity contribution in [3.63, 3.8) is 0 Å². The molecular formula is C9H11NO3. The maximum Gasteiger partial charge on any atom is 0.330 e. The van der Waals surface area contributed by atoms with Crippen molar-refractivity contribution in [1.82, 2.24) is 0 Å². The van der Waals surface area contributed by atoms with Gasteiger partial charge in [0.15, 0.2) is 5.78 Å². The number of Topliss-reactive ketones (excluding diaryl/α,β-unsaturated/α-hetero) is 1. The molecule has 1 aliphatic rings. The predicted octanol–water partition coefficient (Wildman–Crippen LogP) is 0.291. The second-order valence-electron chi connectivity index (χ2n) is 2.72. The van der Waals surface area contributed by atoms with Crippen molar-refractivity contribution in [3.05, 3.63) is 23.4 Å². The molecule has 0 unspecified atom stereocenters. The maximum absolute atomic E-state index is 11.1. The van der Waals surface area contributed by atoms with Gasteiger partial charge in [-0.15, -0.1) is 0 Å². The summed E-state index contributed by atoms with van der Waals surface area (Å²) in [6.07, 6.45) is 3.63. The third-order valence-corrected chi connectivity index (χ3v) is 1.86. The number of esters is 1. The van der Waals surface area contributed by atoms with Gasteiger partial charge in [0.1, 0.15) is 0 Å². The number of ketones is 1. The van der Waals surface area contributed by atoms with Crippen LogP contribution < -0.4 is 5.73 Å². The summed E-state index contributed by atoms with van der Waals surface area (Å²) >= 11 is 0. The van der Waals surface area contributed by atoms with E-state index in [0.717, 1.165) is 0 Å². The molecule has 1 aliphatic carbocycles. The molecular weight excluding hydrogens is 170 g/mol. The van der Waals surface area contributed by atoms with Gasteiger partial charge >= 0.3 is 5.97 Å². The molecule has 0 atom stereocenters. The highest BCUT2D eigenvalue weighted by Gasteiger charge is 2.18. The Balaban J connectivity index is 2.73. The molecule has 0 aromatic heterocycles. The van der Waals surface area contributed by atoms with E-state index >= 15 is 0 Å². The summed E-state index contributed by atoms with van der Waals surface area (Å²) < 4.78 is 4.38. The smallest absolute Gasteiger partial charge is 0.330 e. The van der Waals surface area contributed by atoms with E-state index in [1.54, 1.807) is 0 Å². The second-order valence-corrected chi connectivity index (χ2v) is 2.72. The van der Waals surface area contributed by atoms with Crippen LogP contribution in [-0.4, -0.2) is 18.9 Å². The van der Waals surface area contributed by atoms with E-state index < -0.39 is 5.97 Å². The fourth-order valence-electron chi connectivity index (χ4n) is 1.12. The number of hydrogen-bond donors (Lipinski definition) is 1. The van der Waals surface area contributed by atoms with Gasteiger partial charge in [-0.25, -0.2) is 4.79 Å². The first-order valence-electron chi connectivity index (χ1n) is 3.93. The van der Waals surface area contributed by atoms with Crippen molar-refractivity contribution in [3.8, 4) is 0 Å². The SMILES string of the molecule is COC(=O)C=CC1=C(N)CCC1=O. The zero-order valence-electron chi connectivity index (χ0n) is 7.37. The van der Waals surface area contributed by atoms with E-state index in [4.69, 9.17) is 5.73 Å². The number of rotatable bonds is 2. The third-order valence-electron chi connectivity index (χ3n) is 1.86. The van der Waals surface area contributed by atoms with Crippen molar-refractivity contribution >= 4 is 11.8 Å². The largest absolute Gasteiger partial charge is 0.466 e.